The van der Waals surface area contributed by atoms with Gasteiger partial charge in [-0.3, -0.25) is 0 Å². The number of aromatic hydroxyl groups is 1. The minimum atomic E-state index is -3.03. The summed E-state index contributed by atoms with van der Waals surface area (Å²) < 4.78 is 23.9. The van der Waals surface area contributed by atoms with Crippen LogP contribution in [-0.4, -0.2) is 41.3 Å². The maximum absolute atomic E-state index is 11.9. The Bertz CT molecular complexity index is 1200. The van der Waals surface area contributed by atoms with Crippen LogP contribution in [0.2, 0.25) is 0 Å². The fraction of sp³-hybridized carbons (Fsp3) is 0.238. The Balaban J connectivity index is 1.76. The number of phenols is 1. The first kappa shape index (κ1) is 18.3. The second-order valence-corrected chi connectivity index (χ2v) is 9.15. The molecule has 1 aromatic heterocycles. The highest BCUT2D eigenvalue weighted by Crippen LogP contribution is 2.35. The molecule has 1 saturated heterocycles. The number of rotatable bonds is 3. The number of hydrogen-bond acceptors (Lipinski definition) is 6. The summed E-state index contributed by atoms with van der Waals surface area (Å²) in [4.78, 5) is 0. The van der Waals surface area contributed by atoms with Crippen molar-refractivity contribution in [2.24, 2.45) is 0 Å². The number of phenolic OH excluding ortho intramolecular Hbond substituents is 1. The predicted octanol–water partition coefficient (Wildman–Crippen LogP) is 2.97. The number of nitrogens with zero attached hydrogens (tertiary/aromatic N) is 2. The van der Waals surface area contributed by atoms with Gasteiger partial charge in [-0.25, -0.2) is 8.42 Å². The van der Waals surface area contributed by atoms with Gasteiger partial charge in [-0.15, -0.1) is 16.6 Å². The summed E-state index contributed by atoms with van der Waals surface area (Å²) in [6.07, 6.45) is 6.79. The van der Waals surface area contributed by atoms with Crippen LogP contribution in [0.3, 0.4) is 0 Å². The zero-order valence-corrected chi connectivity index (χ0v) is 15.9. The summed E-state index contributed by atoms with van der Waals surface area (Å²) in [6.45, 7) is 0. The van der Waals surface area contributed by atoms with E-state index in [9.17, 15) is 13.5 Å². The van der Waals surface area contributed by atoms with Gasteiger partial charge in [0.1, 0.15) is 11.4 Å². The van der Waals surface area contributed by atoms with E-state index in [-0.39, 0.29) is 23.3 Å². The molecule has 6 nitrogen and oxygen atoms in total. The molecule has 3 aromatic rings. The lowest BCUT2D eigenvalue weighted by Crippen LogP contribution is -2.35. The average Bonchev–Trinajstić information content (AvgIpc) is 2.68. The van der Waals surface area contributed by atoms with E-state index >= 15 is 0 Å². The van der Waals surface area contributed by atoms with Gasteiger partial charge in [0.05, 0.1) is 11.5 Å². The van der Waals surface area contributed by atoms with Crippen molar-refractivity contribution in [1.29, 1.82) is 0 Å². The molecule has 0 aliphatic carbocycles. The molecule has 7 heteroatoms. The summed E-state index contributed by atoms with van der Waals surface area (Å²) in [5.74, 6) is 3.40. The number of nitrogens with one attached hydrogen (secondary N) is 1. The van der Waals surface area contributed by atoms with Crippen LogP contribution in [0.4, 0.5) is 5.82 Å². The molecule has 0 unspecified atom stereocenters. The zero-order valence-electron chi connectivity index (χ0n) is 15.1. The van der Waals surface area contributed by atoms with Gasteiger partial charge in [0.15, 0.2) is 15.7 Å². The van der Waals surface area contributed by atoms with Gasteiger partial charge < -0.3 is 10.4 Å². The van der Waals surface area contributed by atoms with E-state index in [2.05, 4.69) is 21.4 Å². The first-order chi connectivity index (χ1) is 13.5. The minimum Gasteiger partial charge on any atom is -0.507 e. The number of hydrogen-bond donors (Lipinski definition) is 2. The van der Waals surface area contributed by atoms with Crippen molar-refractivity contribution in [2.45, 2.75) is 18.9 Å². The fourth-order valence-electron chi connectivity index (χ4n) is 3.56. The van der Waals surface area contributed by atoms with E-state index in [0.717, 1.165) is 17.2 Å². The molecule has 2 aromatic carbocycles. The Morgan fingerprint density at radius 3 is 2.64 bits per heavy atom. The van der Waals surface area contributed by atoms with Crippen LogP contribution in [0.15, 0.2) is 42.5 Å². The van der Waals surface area contributed by atoms with Crippen molar-refractivity contribution in [3.05, 3.63) is 48.0 Å². The molecule has 4 rings (SSSR count). The maximum Gasteiger partial charge on any atom is 0.156 e. The van der Waals surface area contributed by atoms with Crippen molar-refractivity contribution in [1.82, 2.24) is 10.2 Å². The largest absolute Gasteiger partial charge is 0.507 e. The maximum atomic E-state index is 11.9. The molecule has 0 spiro atoms. The van der Waals surface area contributed by atoms with Gasteiger partial charge >= 0.3 is 0 Å². The summed E-state index contributed by atoms with van der Waals surface area (Å²) in [5.41, 5.74) is 1.66. The minimum absolute atomic E-state index is 0.0361. The van der Waals surface area contributed by atoms with E-state index in [1.54, 1.807) is 12.1 Å². The first-order valence-electron chi connectivity index (χ1n) is 8.99. The smallest absolute Gasteiger partial charge is 0.156 e. The summed E-state index contributed by atoms with van der Waals surface area (Å²) in [5, 5.41) is 23.9. The van der Waals surface area contributed by atoms with Crippen LogP contribution in [0.1, 0.15) is 18.4 Å². The normalized spacial score (nSPS) is 18.5. The van der Waals surface area contributed by atoms with Crippen LogP contribution in [0.25, 0.3) is 22.0 Å². The average molecular weight is 393 g/mol. The Labute approximate surface area is 163 Å². The molecule has 1 aliphatic rings. The first-order valence-corrected chi connectivity index (χ1v) is 10.8. The van der Waals surface area contributed by atoms with Crippen molar-refractivity contribution >= 4 is 26.4 Å². The van der Waals surface area contributed by atoms with Gasteiger partial charge in [-0.2, -0.15) is 0 Å². The van der Waals surface area contributed by atoms with Gasteiger partial charge in [0, 0.05) is 27.9 Å². The van der Waals surface area contributed by atoms with E-state index in [1.807, 2.05) is 24.3 Å². The molecule has 0 amide bonds. The van der Waals surface area contributed by atoms with Crippen molar-refractivity contribution in [3.63, 3.8) is 0 Å². The summed E-state index contributed by atoms with van der Waals surface area (Å²) >= 11 is 0. The highest BCUT2D eigenvalue weighted by molar-refractivity contribution is 7.91. The number of aromatic nitrogens is 2. The highest BCUT2D eigenvalue weighted by Gasteiger charge is 2.25. The molecule has 1 aliphatic heterocycles. The third kappa shape index (κ3) is 3.51. The number of terminal acetylenes is 1. The Hall–Kier alpha value is -3.11. The summed E-state index contributed by atoms with van der Waals surface area (Å²) in [6, 6.07) is 12.4. The second kappa shape index (κ2) is 7.13. The molecule has 1 fully saturated rings. The lowest BCUT2D eigenvalue weighted by molar-refractivity contribution is 0.477. The summed E-state index contributed by atoms with van der Waals surface area (Å²) in [7, 11) is -3.03. The monoisotopic (exact) mass is 393 g/mol. The van der Waals surface area contributed by atoms with Gasteiger partial charge in [-0.1, -0.05) is 30.2 Å². The predicted molar refractivity (Wildman–Crippen MR) is 110 cm³/mol. The molecule has 1 atom stereocenters. The molecule has 0 bridgehead atoms. The molecule has 28 heavy (non-hydrogen) atoms. The Kier molecular flexibility index (Phi) is 4.65. The van der Waals surface area contributed by atoms with Crippen LogP contribution >= 0.6 is 0 Å². The number of sulfone groups is 1. The Morgan fingerprint density at radius 1 is 1.14 bits per heavy atom. The van der Waals surface area contributed by atoms with Crippen molar-refractivity contribution in [3.8, 4) is 29.4 Å². The molecule has 2 heterocycles. The molecule has 0 saturated carbocycles. The van der Waals surface area contributed by atoms with Crippen LogP contribution < -0.4 is 5.32 Å². The number of anilines is 1. The van der Waals surface area contributed by atoms with E-state index in [0.29, 0.717) is 29.1 Å². The van der Waals surface area contributed by atoms with E-state index in [1.165, 1.54) is 6.07 Å². The van der Waals surface area contributed by atoms with Gasteiger partial charge in [-0.05, 0) is 31.0 Å². The molecular formula is C21H19N3O3S. The van der Waals surface area contributed by atoms with Crippen molar-refractivity contribution in [2.75, 3.05) is 16.8 Å². The zero-order chi connectivity index (χ0) is 19.7. The van der Waals surface area contributed by atoms with Crippen LogP contribution in [0, 0.1) is 12.3 Å². The lowest BCUT2D eigenvalue weighted by atomic mass is 10.0. The fourth-order valence-corrected chi connectivity index (χ4v) is 5.20. The molecule has 142 valence electrons. The second-order valence-electron chi connectivity index (χ2n) is 6.92. The molecule has 0 radical (unpaired) electrons. The van der Waals surface area contributed by atoms with E-state index in [4.69, 9.17) is 6.42 Å². The highest BCUT2D eigenvalue weighted by atomic mass is 32.2. The SMILES string of the molecule is C#Cc1ccc(-c2nnc(N[C@@H]3CCCS(=O)(=O)C3)c3ccccc23)c(O)c1. The topological polar surface area (TPSA) is 92.2 Å². The number of benzene rings is 2. The standard InChI is InChI=1S/C21H19N3O3S/c1-2-14-9-10-18(19(25)12-14)20-16-7-3-4-8-17(16)21(24-23-20)22-15-6-5-11-28(26,27)13-15/h1,3-4,7-10,12,15,25H,5-6,11,13H2,(H,22,24)/t15-/m1/s1. The van der Waals surface area contributed by atoms with Crippen molar-refractivity contribution < 1.29 is 13.5 Å². The molecular weight excluding hydrogens is 374 g/mol. The van der Waals surface area contributed by atoms with Crippen LogP contribution in [0.5, 0.6) is 5.75 Å². The van der Waals surface area contributed by atoms with E-state index < -0.39 is 9.84 Å². The number of fused-ring (bicyclic) bond motifs is 1. The van der Waals surface area contributed by atoms with Gasteiger partial charge in [0.2, 0.25) is 0 Å². The quantitative estimate of drug-likeness (QED) is 0.665. The Morgan fingerprint density at radius 2 is 1.93 bits per heavy atom. The third-order valence-electron chi connectivity index (χ3n) is 4.91. The van der Waals surface area contributed by atoms with Crippen LogP contribution in [-0.2, 0) is 9.84 Å². The lowest BCUT2D eigenvalue weighted by Gasteiger charge is -2.24. The third-order valence-corrected chi connectivity index (χ3v) is 6.73. The molecule has 2 N–H and O–H groups in total. The van der Waals surface area contributed by atoms with Gasteiger partial charge in [0.25, 0.3) is 0 Å².